The van der Waals surface area contributed by atoms with Gasteiger partial charge in [-0.15, -0.1) is 0 Å². The second-order valence-corrected chi connectivity index (χ2v) is 7.42. The van der Waals surface area contributed by atoms with Crippen LogP contribution < -0.4 is 0 Å². The van der Waals surface area contributed by atoms with Crippen LogP contribution in [0.5, 0.6) is 0 Å². The van der Waals surface area contributed by atoms with Crippen LogP contribution in [-0.2, 0) is 14.2 Å². The van der Waals surface area contributed by atoms with Crippen LogP contribution in [0.1, 0.15) is 91.9 Å². The first-order chi connectivity index (χ1) is 11.7. The van der Waals surface area contributed by atoms with Gasteiger partial charge in [0.05, 0.1) is 0 Å². The van der Waals surface area contributed by atoms with E-state index in [1.54, 1.807) is 0 Å². The van der Waals surface area contributed by atoms with Gasteiger partial charge in [-0.1, -0.05) is 74.5 Å². The minimum Gasteiger partial charge on any atom is -0.328 e. The molecular weight excluding hydrogens is 415 g/mol. The predicted octanol–water partition coefficient (Wildman–Crippen LogP) is 6.72. The highest BCUT2D eigenvalue weighted by Gasteiger charge is 2.41. The molecule has 146 valence electrons. The van der Waals surface area contributed by atoms with Crippen molar-refractivity contribution in [1.29, 1.82) is 0 Å². The highest BCUT2D eigenvalue weighted by atomic mass is 127. The third kappa shape index (κ3) is 10.6. The second-order valence-electron chi connectivity index (χ2n) is 6.34. The zero-order valence-corrected chi connectivity index (χ0v) is 18.7. The lowest BCUT2D eigenvalue weighted by molar-refractivity contribution is -0.403. The normalized spacial score (nSPS) is 13.4. The van der Waals surface area contributed by atoms with Gasteiger partial charge in [0.1, 0.15) is 0 Å². The molecular formula is C20H41IO3. The maximum absolute atomic E-state index is 6.05. The van der Waals surface area contributed by atoms with E-state index >= 15 is 0 Å². The van der Waals surface area contributed by atoms with Gasteiger partial charge in [0.15, 0.2) is 0 Å². The lowest BCUT2D eigenvalue weighted by atomic mass is 9.92. The number of unbranched alkanes of at least 4 members (excludes halogenated alkanes) is 6. The van der Waals surface area contributed by atoms with E-state index in [0.717, 1.165) is 12.8 Å². The Morgan fingerprint density at radius 3 is 1.58 bits per heavy atom. The SMILES string of the molecule is CCCCCCCCC(CCCCI)C(OCC)(OCC)OCC. The van der Waals surface area contributed by atoms with Crippen molar-refractivity contribution in [3.8, 4) is 0 Å². The van der Waals surface area contributed by atoms with Crippen molar-refractivity contribution in [2.75, 3.05) is 24.2 Å². The molecule has 4 heteroatoms. The Morgan fingerprint density at radius 1 is 0.667 bits per heavy atom. The summed E-state index contributed by atoms with van der Waals surface area (Å²) < 4.78 is 19.4. The van der Waals surface area contributed by atoms with E-state index in [2.05, 4.69) is 29.5 Å². The van der Waals surface area contributed by atoms with Gasteiger partial charge >= 0.3 is 0 Å². The van der Waals surface area contributed by atoms with Crippen LogP contribution in [-0.4, -0.2) is 30.2 Å². The smallest absolute Gasteiger partial charge is 0.285 e. The van der Waals surface area contributed by atoms with E-state index in [1.807, 2.05) is 20.8 Å². The third-order valence-corrected chi connectivity index (χ3v) is 5.14. The molecule has 1 unspecified atom stereocenters. The Hall–Kier alpha value is 0.610. The topological polar surface area (TPSA) is 27.7 Å². The quantitative estimate of drug-likeness (QED) is 0.0992. The van der Waals surface area contributed by atoms with E-state index in [-0.39, 0.29) is 0 Å². The maximum Gasteiger partial charge on any atom is 0.285 e. The average molecular weight is 456 g/mol. The van der Waals surface area contributed by atoms with Gasteiger partial charge in [0.25, 0.3) is 5.97 Å². The van der Waals surface area contributed by atoms with Crippen LogP contribution >= 0.6 is 22.6 Å². The molecule has 0 amide bonds. The molecule has 0 aromatic heterocycles. The summed E-state index contributed by atoms with van der Waals surface area (Å²) in [5, 5.41) is 0. The fourth-order valence-electron chi connectivity index (χ4n) is 3.24. The summed E-state index contributed by atoms with van der Waals surface area (Å²) in [5.74, 6) is -0.515. The fourth-order valence-corrected chi connectivity index (χ4v) is 3.78. The summed E-state index contributed by atoms with van der Waals surface area (Å²) in [6.45, 7) is 10.2. The summed E-state index contributed by atoms with van der Waals surface area (Å²) in [7, 11) is 0. The zero-order chi connectivity index (χ0) is 18.1. The molecule has 0 aliphatic carbocycles. The molecule has 1 atom stereocenters. The molecule has 0 radical (unpaired) electrons. The predicted molar refractivity (Wildman–Crippen MR) is 112 cm³/mol. The minimum absolute atomic E-state index is 0.325. The molecule has 0 aromatic rings. The molecule has 3 nitrogen and oxygen atoms in total. The van der Waals surface area contributed by atoms with Crippen molar-refractivity contribution in [3.05, 3.63) is 0 Å². The molecule has 0 fully saturated rings. The Kier molecular flexibility index (Phi) is 17.5. The molecule has 0 aliphatic heterocycles. The Balaban J connectivity index is 4.74. The summed E-state index contributed by atoms with van der Waals surface area (Å²) in [6.07, 6.45) is 12.7. The van der Waals surface area contributed by atoms with Crippen molar-refractivity contribution >= 4 is 22.6 Å². The lowest BCUT2D eigenvalue weighted by Crippen LogP contribution is -2.46. The summed E-state index contributed by atoms with van der Waals surface area (Å²) in [4.78, 5) is 0. The number of halogens is 1. The highest BCUT2D eigenvalue weighted by Crippen LogP contribution is 2.34. The fraction of sp³-hybridized carbons (Fsp3) is 1.00. The number of hydrogen-bond acceptors (Lipinski definition) is 3. The lowest BCUT2D eigenvalue weighted by Gasteiger charge is -2.39. The van der Waals surface area contributed by atoms with Gasteiger partial charge in [-0.2, -0.15) is 0 Å². The summed E-state index contributed by atoms with van der Waals surface area (Å²) in [6, 6.07) is 0. The molecule has 0 spiro atoms. The van der Waals surface area contributed by atoms with Crippen LogP contribution in [0.4, 0.5) is 0 Å². The average Bonchev–Trinajstić information content (AvgIpc) is 2.57. The summed E-state index contributed by atoms with van der Waals surface area (Å²) in [5.41, 5.74) is 0. The van der Waals surface area contributed by atoms with E-state index < -0.39 is 5.97 Å². The van der Waals surface area contributed by atoms with E-state index in [4.69, 9.17) is 14.2 Å². The first kappa shape index (κ1) is 24.6. The number of ether oxygens (including phenoxy) is 3. The van der Waals surface area contributed by atoms with Crippen LogP contribution in [0, 0.1) is 5.92 Å². The third-order valence-electron chi connectivity index (χ3n) is 4.38. The van der Waals surface area contributed by atoms with Crippen LogP contribution in [0.15, 0.2) is 0 Å². The molecule has 0 N–H and O–H groups in total. The number of hydrogen-bond donors (Lipinski definition) is 0. The van der Waals surface area contributed by atoms with Gasteiger partial charge in [-0.25, -0.2) is 0 Å². The molecule has 0 aromatic carbocycles. The van der Waals surface area contributed by atoms with E-state index in [1.165, 1.54) is 55.8 Å². The summed E-state index contributed by atoms with van der Waals surface area (Å²) >= 11 is 2.46. The van der Waals surface area contributed by atoms with Crippen molar-refractivity contribution < 1.29 is 14.2 Å². The van der Waals surface area contributed by atoms with Crippen molar-refractivity contribution in [2.45, 2.75) is 97.9 Å². The first-order valence-electron chi connectivity index (χ1n) is 10.2. The zero-order valence-electron chi connectivity index (χ0n) is 16.6. The van der Waals surface area contributed by atoms with E-state index in [9.17, 15) is 0 Å². The molecule has 0 rings (SSSR count). The standard InChI is InChI=1S/C20H41IO3/c1-5-9-10-11-12-13-16-19(17-14-15-18-21)20(22-6-2,23-7-3)24-8-4/h19H,5-18H2,1-4H3. The molecule has 0 heterocycles. The number of rotatable bonds is 18. The van der Waals surface area contributed by atoms with Crippen LogP contribution in [0.3, 0.4) is 0 Å². The Labute approximate surface area is 164 Å². The monoisotopic (exact) mass is 456 g/mol. The molecule has 0 saturated carbocycles. The van der Waals surface area contributed by atoms with Gasteiger partial charge in [-0.3, -0.25) is 0 Å². The Morgan fingerprint density at radius 2 is 1.12 bits per heavy atom. The first-order valence-corrected chi connectivity index (χ1v) is 11.7. The van der Waals surface area contributed by atoms with Gasteiger partial charge < -0.3 is 14.2 Å². The Bertz CT molecular complexity index is 244. The van der Waals surface area contributed by atoms with Gasteiger partial charge in [-0.05, 0) is 44.5 Å². The highest BCUT2D eigenvalue weighted by molar-refractivity contribution is 14.1. The van der Waals surface area contributed by atoms with E-state index in [0.29, 0.717) is 25.7 Å². The van der Waals surface area contributed by atoms with Gasteiger partial charge in [0, 0.05) is 25.7 Å². The van der Waals surface area contributed by atoms with Crippen LogP contribution in [0.2, 0.25) is 0 Å². The molecule has 0 aliphatic rings. The largest absolute Gasteiger partial charge is 0.328 e. The number of alkyl halides is 1. The molecule has 0 saturated heterocycles. The maximum atomic E-state index is 6.05. The molecule has 24 heavy (non-hydrogen) atoms. The van der Waals surface area contributed by atoms with Crippen LogP contribution in [0.25, 0.3) is 0 Å². The minimum atomic E-state index is -0.840. The van der Waals surface area contributed by atoms with Crippen molar-refractivity contribution in [3.63, 3.8) is 0 Å². The van der Waals surface area contributed by atoms with Gasteiger partial charge in [0.2, 0.25) is 0 Å². The molecule has 0 bridgehead atoms. The van der Waals surface area contributed by atoms with Crippen molar-refractivity contribution in [1.82, 2.24) is 0 Å². The van der Waals surface area contributed by atoms with Crippen molar-refractivity contribution in [2.24, 2.45) is 5.92 Å². The second kappa shape index (κ2) is 17.0.